The van der Waals surface area contributed by atoms with Crippen molar-refractivity contribution in [2.24, 2.45) is 0 Å². The molecular weight excluding hydrogens is 326 g/mol. The highest BCUT2D eigenvalue weighted by molar-refractivity contribution is 6.32. The van der Waals surface area contributed by atoms with Crippen molar-refractivity contribution < 1.29 is 14.1 Å². The minimum Gasteiger partial charge on any atom is -0.306 e. The van der Waals surface area contributed by atoms with Gasteiger partial charge in [-0.25, -0.2) is 9.97 Å². The Hall–Kier alpha value is -2.32. The SMILES string of the molecule is O=C(Nc1cc(Cl)nc(Cl)n1)c1ccc(F)c([N+](=O)[O-])c1. The highest BCUT2D eigenvalue weighted by Crippen LogP contribution is 2.20. The Morgan fingerprint density at radius 3 is 2.62 bits per heavy atom. The third kappa shape index (κ3) is 3.61. The van der Waals surface area contributed by atoms with Crippen LogP contribution in [0.2, 0.25) is 10.4 Å². The number of hydrogen-bond acceptors (Lipinski definition) is 5. The Bertz CT molecular complexity index is 721. The first-order valence-corrected chi connectivity index (χ1v) is 6.08. The normalized spacial score (nSPS) is 10.2. The predicted molar refractivity (Wildman–Crippen MR) is 73.1 cm³/mol. The van der Waals surface area contributed by atoms with Crippen molar-refractivity contribution in [3.8, 4) is 0 Å². The highest BCUT2D eigenvalue weighted by Gasteiger charge is 2.18. The Balaban J connectivity index is 2.28. The summed E-state index contributed by atoms with van der Waals surface area (Å²) in [6.07, 6.45) is 0. The number of rotatable bonds is 3. The first kappa shape index (κ1) is 15.1. The summed E-state index contributed by atoms with van der Waals surface area (Å²) in [6, 6.07) is 3.98. The van der Waals surface area contributed by atoms with E-state index in [0.717, 1.165) is 18.2 Å². The molecule has 108 valence electrons. The summed E-state index contributed by atoms with van der Waals surface area (Å²) in [5, 5.41) is 12.8. The Morgan fingerprint density at radius 2 is 2.00 bits per heavy atom. The summed E-state index contributed by atoms with van der Waals surface area (Å²) < 4.78 is 13.2. The van der Waals surface area contributed by atoms with Crippen LogP contribution in [0.4, 0.5) is 15.9 Å². The standard InChI is InChI=1S/C11H5Cl2FN4O3/c12-8-4-9(17-11(13)15-8)16-10(19)5-1-2-6(14)7(3-5)18(20)21/h1-4H,(H,15,16,17,19). The van der Waals surface area contributed by atoms with Gasteiger partial charge in [-0.05, 0) is 23.7 Å². The van der Waals surface area contributed by atoms with E-state index in [-0.39, 0.29) is 21.8 Å². The first-order chi connectivity index (χ1) is 9.86. The third-order valence-electron chi connectivity index (χ3n) is 2.31. The molecule has 7 nitrogen and oxygen atoms in total. The van der Waals surface area contributed by atoms with Crippen molar-refractivity contribution in [3.05, 3.63) is 56.2 Å². The molecule has 0 unspecified atom stereocenters. The van der Waals surface area contributed by atoms with Gasteiger partial charge in [-0.2, -0.15) is 4.39 Å². The average molecular weight is 331 g/mol. The van der Waals surface area contributed by atoms with Crippen molar-refractivity contribution in [1.82, 2.24) is 9.97 Å². The summed E-state index contributed by atoms with van der Waals surface area (Å²) in [5.74, 6) is -1.76. The van der Waals surface area contributed by atoms with E-state index in [1.54, 1.807) is 0 Å². The van der Waals surface area contributed by atoms with Crippen LogP contribution in [-0.4, -0.2) is 20.8 Å². The topological polar surface area (TPSA) is 98.0 Å². The van der Waals surface area contributed by atoms with Crippen LogP contribution in [0.5, 0.6) is 0 Å². The number of carbonyl (C=O) groups excluding carboxylic acids is 1. The molecule has 0 spiro atoms. The molecule has 1 amide bonds. The van der Waals surface area contributed by atoms with Crippen LogP contribution >= 0.6 is 23.2 Å². The Labute approximate surface area is 126 Å². The number of halogens is 3. The Kier molecular flexibility index (Phi) is 4.29. The van der Waals surface area contributed by atoms with Gasteiger partial charge in [0.2, 0.25) is 11.1 Å². The van der Waals surface area contributed by atoms with E-state index in [1.807, 2.05) is 0 Å². The van der Waals surface area contributed by atoms with E-state index in [1.165, 1.54) is 6.07 Å². The lowest BCUT2D eigenvalue weighted by Crippen LogP contribution is -2.13. The monoisotopic (exact) mass is 330 g/mol. The van der Waals surface area contributed by atoms with Gasteiger partial charge in [-0.15, -0.1) is 0 Å². The molecule has 1 N–H and O–H groups in total. The molecule has 1 heterocycles. The molecule has 0 bridgehead atoms. The van der Waals surface area contributed by atoms with Crippen molar-refractivity contribution in [2.75, 3.05) is 5.32 Å². The summed E-state index contributed by atoms with van der Waals surface area (Å²) >= 11 is 11.2. The van der Waals surface area contributed by atoms with Gasteiger partial charge < -0.3 is 5.32 Å². The molecule has 0 saturated heterocycles. The second-order valence-electron chi connectivity index (χ2n) is 3.72. The molecule has 0 saturated carbocycles. The fourth-order valence-electron chi connectivity index (χ4n) is 1.44. The number of aromatic nitrogens is 2. The van der Waals surface area contributed by atoms with E-state index in [4.69, 9.17) is 23.2 Å². The number of nitro benzene ring substituents is 1. The molecule has 0 fully saturated rings. The zero-order chi connectivity index (χ0) is 15.6. The van der Waals surface area contributed by atoms with Crippen LogP contribution in [0.1, 0.15) is 10.4 Å². The fraction of sp³-hybridized carbons (Fsp3) is 0. The molecular formula is C11H5Cl2FN4O3. The van der Waals surface area contributed by atoms with Gasteiger partial charge in [0.25, 0.3) is 5.91 Å². The van der Waals surface area contributed by atoms with Crippen molar-refractivity contribution >= 4 is 40.6 Å². The van der Waals surface area contributed by atoms with E-state index >= 15 is 0 Å². The van der Waals surface area contributed by atoms with Crippen LogP contribution in [0.3, 0.4) is 0 Å². The zero-order valence-corrected chi connectivity index (χ0v) is 11.5. The van der Waals surface area contributed by atoms with Gasteiger partial charge in [-0.3, -0.25) is 14.9 Å². The maximum Gasteiger partial charge on any atom is 0.305 e. The third-order valence-corrected chi connectivity index (χ3v) is 2.68. The molecule has 2 aromatic rings. The zero-order valence-electron chi connectivity index (χ0n) is 10.0. The Morgan fingerprint density at radius 1 is 1.29 bits per heavy atom. The summed E-state index contributed by atoms with van der Waals surface area (Å²) in [5.41, 5.74) is -0.921. The van der Waals surface area contributed by atoms with Crippen molar-refractivity contribution in [1.29, 1.82) is 0 Å². The largest absolute Gasteiger partial charge is 0.306 e. The molecule has 0 aliphatic rings. The second kappa shape index (κ2) is 5.98. The molecule has 10 heteroatoms. The molecule has 1 aromatic heterocycles. The molecule has 2 rings (SSSR count). The van der Waals surface area contributed by atoms with Crippen LogP contribution in [-0.2, 0) is 0 Å². The van der Waals surface area contributed by atoms with Gasteiger partial charge in [-0.1, -0.05) is 11.6 Å². The molecule has 0 atom stereocenters. The van der Waals surface area contributed by atoms with Crippen molar-refractivity contribution in [2.45, 2.75) is 0 Å². The molecule has 0 aliphatic carbocycles. The summed E-state index contributed by atoms with van der Waals surface area (Å²) in [4.78, 5) is 28.9. The summed E-state index contributed by atoms with van der Waals surface area (Å²) in [7, 11) is 0. The number of amides is 1. The van der Waals surface area contributed by atoms with Crippen LogP contribution in [0, 0.1) is 15.9 Å². The van der Waals surface area contributed by atoms with Gasteiger partial charge in [0.05, 0.1) is 4.92 Å². The number of hydrogen-bond donors (Lipinski definition) is 1. The number of carbonyl (C=O) groups is 1. The van der Waals surface area contributed by atoms with Crippen LogP contribution < -0.4 is 5.32 Å². The predicted octanol–water partition coefficient (Wildman–Crippen LogP) is 3.08. The quantitative estimate of drug-likeness (QED) is 0.403. The lowest BCUT2D eigenvalue weighted by Gasteiger charge is -2.05. The molecule has 1 aromatic carbocycles. The number of nitro groups is 1. The highest BCUT2D eigenvalue weighted by atomic mass is 35.5. The smallest absolute Gasteiger partial charge is 0.305 e. The lowest BCUT2D eigenvalue weighted by atomic mass is 10.2. The van der Waals surface area contributed by atoms with E-state index < -0.39 is 22.3 Å². The average Bonchev–Trinajstić information content (AvgIpc) is 2.37. The van der Waals surface area contributed by atoms with E-state index in [0.29, 0.717) is 0 Å². The minimum absolute atomic E-state index is 0.00962. The van der Waals surface area contributed by atoms with Crippen LogP contribution in [0.25, 0.3) is 0 Å². The second-order valence-corrected chi connectivity index (χ2v) is 4.45. The fourth-order valence-corrected chi connectivity index (χ4v) is 1.85. The summed E-state index contributed by atoms with van der Waals surface area (Å²) in [6.45, 7) is 0. The van der Waals surface area contributed by atoms with Gasteiger partial charge in [0.15, 0.2) is 0 Å². The lowest BCUT2D eigenvalue weighted by molar-refractivity contribution is -0.387. The number of benzene rings is 1. The molecule has 0 radical (unpaired) electrons. The van der Waals surface area contributed by atoms with Gasteiger partial charge in [0, 0.05) is 17.7 Å². The van der Waals surface area contributed by atoms with Gasteiger partial charge >= 0.3 is 5.69 Å². The van der Waals surface area contributed by atoms with Crippen molar-refractivity contribution in [3.63, 3.8) is 0 Å². The number of nitrogens with one attached hydrogen (secondary N) is 1. The minimum atomic E-state index is -1.04. The first-order valence-electron chi connectivity index (χ1n) is 5.32. The maximum atomic E-state index is 13.2. The van der Waals surface area contributed by atoms with Crippen LogP contribution in [0.15, 0.2) is 24.3 Å². The van der Waals surface area contributed by atoms with E-state index in [2.05, 4.69) is 15.3 Å². The maximum absolute atomic E-state index is 13.2. The van der Waals surface area contributed by atoms with Gasteiger partial charge in [0.1, 0.15) is 11.0 Å². The molecule has 0 aliphatic heterocycles. The number of nitrogens with zero attached hydrogens (tertiary/aromatic N) is 3. The molecule has 21 heavy (non-hydrogen) atoms. The number of anilines is 1. The van der Waals surface area contributed by atoms with E-state index in [9.17, 15) is 19.3 Å².